The maximum atomic E-state index is 12.3. The van der Waals surface area contributed by atoms with Gasteiger partial charge < -0.3 is 15.7 Å². The number of benzene rings is 2. The second kappa shape index (κ2) is 10.4. The summed E-state index contributed by atoms with van der Waals surface area (Å²) in [4.78, 5) is 12.3. The van der Waals surface area contributed by atoms with Crippen molar-refractivity contribution in [2.75, 3.05) is 6.61 Å². The Labute approximate surface area is 181 Å². The van der Waals surface area contributed by atoms with Crippen LogP contribution in [-0.4, -0.2) is 33.8 Å². The number of rotatable bonds is 9. The van der Waals surface area contributed by atoms with E-state index in [1.54, 1.807) is 13.1 Å². The van der Waals surface area contributed by atoms with Gasteiger partial charge in [0.05, 0.1) is 12.8 Å². The number of amidine groups is 1. The summed E-state index contributed by atoms with van der Waals surface area (Å²) < 4.78 is 5.13. The predicted octanol–water partition coefficient (Wildman–Crippen LogP) is 4.28. The van der Waals surface area contributed by atoms with E-state index < -0.39 is 5.97 Å². The summed E-state index contributed by atoms with van der Waals surface area (Å²) in [5.41, 5.74) is 11.9. The van der Waals surface area contributed by atoms with Crippen LogP contribution in [0.2, 0.25) is 0 Å². The average Bonchev–Trinajstić information content (AvgIpc) is 3.26. The van der Waals surface area contributed by atoms with E-state index in [-0.39, 0.29) is 5.84 Å². The van der Waals surface area contributed by atoms with E-state index in [0.29, 0.717) is 18.7 Å². The van der Waals surface area contributed by atoms with Crippen LogP contribution in [0.15, 0.2) is 53.8 Å². The Morgan fingerprint density at radius 3 is 2.61 bits per heavy atom. The molecular formula is C24H28N4O3. The smallest absolute Gasteiger partial charge is 0.356 e. The number of nitrogens with zero attached hydrogens (tertiary/aromatic N) is 2. The summed E-state index contributed by atoms with van der Waals surface area (Å²) in [6, 6.07) is 13.9. The number of H-pyrrole nitrogens is 1. The fraction of sp³-hybridized carbons (Fsp3) is 0.292. The Kier molecular flexibility index (Phi) is 7.43. The molecule has 3 aromatic rings. The van der Waals surface area contributed by atoms with Crippen LogP contribution in [0.5, 0.6) is 0 Å². The summed E-state index contributed by atoms with van der Waals surface area (Å²) in [6.07, 6.45) is 4.84. The SMILES string of the molecule is CCCCc1c(Cc2cn[nH]c2C(=O)OCC)ccc(-c2ccccc2)c1/C(N)=N/O. The largest absolute Gasteiger partial charge is 0.461 e. The molecule has 0 saturated heterocycles. The van der Waals surface area contributed by atoms with E-state index in [0.717, 1.165) is 52.6 Å². The van der Waals surface area contributed by atoms with Crippen molar-refractivity contribution in [1.29, 1.82) is 0 Å². The molecule has 162 valence electrons. The third kappa shape index (κ3) is 4.94. The molecule has 0 saturated carbocycles. The number of nitrogens with two attached hydrogens (primary N) is 1. The first-order valence-electron chi connectivity index (χ1n) is 10.5. The minimum Gasteiger partial charge on any atom is -0.461 e. The minimum atomic E-state index is -0.428. The van der Waals surface area contributed by atoms with Crippen LogP contribution < -0.4 is 5.73 Å². The summed E-state index contributed by atoms with van der Waals surface area (Å²) in [5, 5.41) is 19.6. The lowest BCUT2D eigenvalue weighted by Gasteiger charge is -2.19. The summed E-state index contributed by atoms with van der Waals surface area (Å²) in [7, 11) is 0. The molecule has 0 bridgehead atoms. The first-order chi connectivity index (χ1) is 15.1. The van der Waals surface area contributed by atoms with Gasteiger partial charge in [0.1, 0.15) is 5.69 Å². The van der Waals surface area contributed by atoms with Gasteiger partial charge in [0.25, 0.3) is 0 Å². The lowest BCUT2D eigenvalue weighted by molar-refractivity contribution is 0.0518. The van der Waals surface area contributed by atoms with E-state index in [1.165, 1.54) is 0 Å². The quantitative estimate of drug-likeness (QED) is 0.157. The number of unbranched alkanes of at least 4 members (excludes halogenated alkanes) is 1. The fourth-order valence-electron chi connectivity index (χ4n) is 3.73. The number of hydrogen-bond acceptors (Lipinski definition) is 5. The molecule has 4 N–H and O–H groups in total. The Morgan fingerprint density at radius 1 is 1.16 bits per heavy atom. The number of aromatic amines is 1. The Hall–Kier alpha value is -3.61. The molecule has 0 fully saturated rings. The van der Waals surface area contributed by atoms with Crippen molar-refractivity contribution in [3.63, 3.8) is 0 Å². The zero-order valence-electron chi connectivity index (χ0n) is 17.9. The van der Waals surface area contributed by atoms with Crippen molar-refractivity contribution in [1.82, 2.24) is 10.2 Å². The van der Waals surface area contributed by atoms with Gasteiger partial charge in [0.2, 0.25) is 0 Å². The number of nitrogens with one attached hydrogen (secondary N) is 1. The minimum absolute atomic E-state index is 0.0737. The van der Waals surface area contributed by atoms with Crippen LogP contribution >= 0.6 is 0 Å². The Balaban J connectivity index is 2.13. The third-order valence-corrected chi connectivity index (χ3v) is 5.22. The van der Waals surface area contributed by atoms with E-state index in [4.69, 9.17) is 10.5 Å². The molecule has 1 heterocycles. The zero-order chi connectivity index (χ0) is 22.2. The molecule has 0 aliphatic carbocycles. The molecule has 0 atom stereocenters. The first-order valence-corrected chi connectivity index (χ1v) is 10.5. The first kappa shape index (κ1) is 22.1. The van der Waals surface area contributed by atoms with Crippen molar-refractivity contribution in [2.45, 2.75) is 39.5 Å². The van der Waals surface area contributed by atoms with Gasteiger partial charge in [-0.05, 0) is 42.0 Å². The summed E-state index contributed by atoms with van der Waals surface area (Å²) >= 11 is 0. The lowest BCUT2D eigenvalue weighted by Crippen LogP contribution is -2.19. The van der Waals surface area contributed by atoms with Gasteiger partial charge in [-0.2, -0.15) is 5.10 Å². The summed E-state index contributed by atoms with van der Waals surface area (Å²) in [6.45, 7) is 4.18. The van der Waals surface area contributed by atoms with Gasteiger partial charge in [-0.25, -0.2) is 4.79 Å². The van der Waals surface area contributed by atoms with Gasteiger partial charge in [-0.3, -0.25) is 5.10 Å². The molecule has 2 aromatic carbocycles. The van der Waals surface area contributed by atoms with Crippen LogP contribution in [0.3, 0.4) is 0 Å². The van der Waals surface area contributed by atoms with Gasteiger partial charge >= 0.3 is 5.97 Å². The topological polar surface area (TPSA) is 114 Å². The highest BCUT2D eigenvalue weighted by Gasteiger charge is 2.21. The highest BCUT2D eigenvalue weighted by molar-refractivity contribution is 6.05. The number of oxime groups is 1. The monoisotopic (exact) mass is 420 g/mol. The van der Waals surface area contributed by atoms with Crippen LogP contribution in [0.4, 0.5) is 0 Å². The second-order valence-corrected chi connectivity index (χ2v) is 7.25. The molecule has 7 heteroatoms. The maximum Gasteiger partial charge on any atom is 0.356 e. The molecule has 0 aliphatic heterocycles. The lowest BCUT2D eigenvalue weighted by atomic mass is 9.86. The van der Waals surface area contributed by atoms with Crippen molar-refractivity contribution >= 4 is 11.8 Å². The number of ether oxygens (including phenoxy) is 1. The maximum absolute atomic E-state index is 12.3. The zero-order valence-corrected chi connectivity index (χ0v) is 17.9. The fourth-order valence-corrected chi connectivity index (χ4v) is 3.73. The van der Waals surface area contributed by atoms with Gasteiger partial charge in [0, 0.05) is 17.5 Å². The second-order valence-electron chi connectivity index (χ2n) is 7.25. The van der Waals surface area contributed by atoms with Crippen LogP contribution in [0, 0.1) is 0 Å². The summed E-state index contributed by atoms with van der Waals surface area (Å²) in [5.74, 6) is -0.354. The molecule has 7 nitrogen and oxygen atoms in total. The van der Waals surface area contributed by atoms with Gasteiger partial charge in [-0.1, -0.05) is 61.0 Å². The molecule has 0 unspecified atom stereocenters. The van der Waals surface area contributed by atoms with E-state index in [2.05, 4.69) is 22.3 Å². The van der Waals surface area contributed by atoms with Crippen LogP contribution in [0.25, 0.3) is 11.1 Å². The normalized spacial score (nSPS) is 11.5. The predicted molar refractivity (Wildman–Crippen MR) is 120 cm³/mol. The molecular weight excluding hydrogens is 392 g/mol. The van der Waals surface area contributed by atoms with E-state index >= 15 is 0 Å². The number of hydrogen-bond donors (Lipinski definition) is 3. The Morgan fingerprint density at radius 2 is 1.94 bits per heavy atom. The van der Waals surface area contributed by atoms with E-state index in [1.807, 2.05) is 42.5 Å². The van der Waals surface area contributed by atoms with Crippen LogP contribution in [0.1, 0.15) is 59.4 Å². The molecule has 0 amide bonds. The highest BCUT2D eigenvalue weighted by atomic mass is 16.5. The standard InChI is InChI=1S/C24H28N4O3/c1-3-5-11-19-17(14-18-15-26-27-22(18)24(29)31-4-2)12-13-20(21(19)23(25)28-30)16-9-7-6-8-10-16/h6-10,12-13,15,30H,3-5,11,14H2,1-2H3,(H2,25,28)(H,26,27). The molecule has 0 spiro atoms. The molecule has 31 heavy (non-hydrogen) atoms. The Bertz CT molecular complexity index is 1060. The average molecular weight is 421 g/mol. The third-order valence-electron chi connectivity index (χ3n) is 5.22. The number of carbonyl (C=O) groups is 1. The molecule has 0 radical (unpaired) electrons. The van der Waals surface area contributed by atoms with Crippen molar-refractivity contribution in [3.8, 4) is 11.1 Å². The van der Waals surface area contributed by atoms with Crippen LogP contribution in [-0.2, 0) is 17.6 Å². The van der Waals surface area contributed by atoms with E-state index in [9.17, 15) is 10.0 Å². The van der Waals surface area contributed by atoms with Gasteiger partial charge in [0.15, 0.2) is 5.84 Å². The number of aromatic nitrogens is 2. The van der Waals surface area contributed by atoms with Crippen molar-refractivity contribution in [2.24, 2.45) is 10.9 Å². The number of carbonyl (C=O) groups excluding carboxylic acids is 1. The van der Waals surface area contributed by atoms with Crippen molar-refractivity contribution < 1.29 is 14.7 Å². The highest BCUT2D eigenvalue weighted by Crippen LogP contribution is 2.31. The molecule has 0 aliphatic rings. The van der Waals surface area contributed by atoms with Gasteiger partial charge in [-0.15, -0.1) is 0 Å². The van der Waals surface area contributed by atoms with Crippen molar-refractivity contribution in [3.05, 3.63) is 76.6 Å². The molecule has 1 aromatic heterocycles. The number of esters is 1. The molecule has 3 rings (SSSR count).